The van der Waals surface area contributed by atoms with Crippen molar-refractivity contribution in [2.75, 3.05) is 0 Å². The molecule has 1 amide bonds. The number of rotatable bonds is 2. The van der Waals surface area contributed by atoms with Gasteiger partial charge in [0.1, 0.15) is 11.2 Å². The van der Waals surface area contributed by atoms with Gasteiger partial charge in [-0.25, -0.2) is 4.98 Å². The van der Waals surface area contributed by atoms with Crippen molar-refractivity contribution in [2.45, 2.75) is 45.6 Å². The quantitative estimate of drug-likeness (QED) is 0.925. The normalized spacial score (nSPS) is 21.7. The molecule has 0 bridgehead atoms. The van der Waals surface area contributed by atoms with Gasteiger partial charge < -0.3 is 5.32 Å². The number of pyridine rings is 1. The molecule has 0 aliphatic heterocycles. The summed E-state index contributed by atoms with van der Waals surface area (Å²) in [5, 5.41) is 3.01. The molecule has 2 aromatic heterocycles. The third-order valence-electron chi connectivity index (χ3n) is 4.52. The Kier molecular flexibility index (Phi) is 3.96. The van der Waals surface area contributed by atoms with Crippen molar-refractivity contribution < 1.29 is 4.79 Å². The number of nitrogens with zero attached hydrogens (tertiary/aromatic N) is 2. The van der Waals surface area contributed by atoms with Crippen molar-refractivity contribution in [1.29, 1.82) is 0 Å². The summed E-state index contributed by atoms with van der Waals surface area (Å²) in [6.07, 6.45) is 7.55. The Balaban J connectivity index is 1.91. The lowest BCUT2D eigenvalue weighted by Crippen LogP contribution is -2.43. The molecule has 2 heterocycles. The van der Waals surface area contributed by atoms with Crippen LogP contribution in [0.1, 0.15) is 48.5 Å². The maximum absolute atomic E-state index is 12.5. The van der Waals surface area contributed by atoms with Gasteiger partial charge in [-0.3, -0.25) is 14.0 Å². The van der Waals surface area contributed by atoms with Crippen LogP contribution >= 0.6 is 0 Å². The molecule has 1 fully saturated rings. The van der Waals surface area contributed by atoms with Crippen LogP contribution in [0.4, 0.5) is 0 Å². The van der Waals surface area contributed by atoms with Gasteiger partial charge in [-0.15, -0.1) is 0 Å². The van der Waals surface area contributed by atoms with Crippen molar-refractivity contribution in [3.63, 3.8) is 0 Å². The average Bonchev–Trinajstić information content (AvgIpc) is 2.50. The van der Waals surface area contributed by atoms with Gasteiger partial charge in [-0.05, 0) is 37.3 Å². The highest BCUT2D eigenvalue weighted by Crippen LogP contribution is 2.23. The Morgan fingerprint density at radius 2 is 2.09 bits per heavy atom. The number of amides is 1. The highest BCUT2D eigenvalue weighted by molar-refractivity contribution is 5.93. The van der Waals surface area contributed by atoms with E-state index in [4.69, 9.17) is 0 Å². The molecule has 1 N–H and O–H groups in total. The number of nitrogens with one attached hydrogen (secondary N) is 1. The largest absolute Gasteiger partial charge is 0.349 e. The first-order valence-corrected chi connectivity index (χ1v) is 7.85. The van der Waals surface area contributed by atoms with E-state index in [1.807, 2.05) is 13.0 Å². The van der Waals surface area contributed by atoms with E-state index in [9.17, 15) is 9.59 Å². The number of aromatic nitrogens is 2. The molecule has 0 radical (unpaired) electrons. The van der Waals surface area contributed by atoms with Crippen LogP contribution in [0.15, 0.2) is 29.3 Å². The van der Waals surface area contributed by atoms with Gasteiger partial charge in [0.05, 0.1) is 0 Å². The molecule has 0 unspecified atom stereocenters. The summed E-state index contributed by atoms with van der Waals surface area (Å²) in [5.41, 5.74) is 1.31. The van der Waals surface area contributed by atoms with Crippen LogP contribution in [0.5, 0.6) is 0 Å². The van der Waals surface area contributed by atoms with Crippen LogP contribution < -0.4 is 10.9 Å². The maximum Gasteiger partial charge on any atom is 0.270 e. The molecule has 1 saturated carbocycles. The molecule has 1 aliphatic carbocycles. The Hall–Kier alpha value is -2.17. The van der Waals surface area contributed by atoms with E-state index in [1.54, 1.807) is 12.3 Å². The summed E-state index contributed by atoms with van der Waals surface area (Å²) in [5.74, 6) is 0.142. The Morgan fingerprint density at radius 3 is 2.86 bits per heavy atom. The zero-order chi connectivity index (χ0) is 15.7. The topological polar surface area (TPSA) is 63.5 Å². The van der Waals surface area contributed by atoms with Gasteiger partial charge >= 0.3 is 0 Å². The smallest absolute Gasteiger partial charge is 0.270 e. The zero-order valence-electron chi connectivity index (χ0n) is 13.0. The molecule has 5 nitrogen and oxygen atoms in total. The second kappa shape index (κ2) is 5.91. The van der Waals surface area contributed by atoms with Gasteiger partial charge in [0, 0.05) is 18.4 Å². The van der Waals surface area contributed by atoms with Crippen molar-refractivity contribution >= 4 is 11.6 Å². The SMILES string of the molecule is Cc1ccc2ncc(C(=O)N[C@@H]3CCCC[C@@H]3C)c(=O)n2c1. The molecule has 116 valence electrons. The third kappa shape index (κ3) is 2.75. The Labute approximate surface area is 129 Å². The Bertz CT molecular complexity index is 766. The highest BCUT2D eigenvalue weighted by atomic mass is 16.2. The Morgan fingerprint density at radius 1 is 1.32 bits per heavy atom. The lowest BCUT2D eigenvalue weighted by Gasteiger charge is -2.29. The fourth-order valence-corrected chi connectivity index (χ4v) is 3.12. The first-order chi connectivity index (χ1) is 10.6. The fraction of sp³-hybridized carbons (Fsp3) is 0.471. The summed E-state index contributed by atoms with van der Waals surface area (Å²) in [4.78, 5) is 29.2. The molecule has 1 aliphatic rings. The lowest BCUT2D eigenvalue weighted by molar-refractivity contribution is 0.0908. The molecule has 2 atom stereocenters. The van der Waals surface area contributed by atoms with E-state index >= 15 is 0 Å². The number of aryl methyl sites for hydroxylation is 1. The second-order valence-electron chi connectivity index (χ2n) is 6.25. The summed E-state index contributed by atoms with van der Waals surface area (Å²) in [7, 11) is 0. The maximum atomic E-state index is 12.5. The zero-order valence-corrected chi connectivity index (χ0v) is 13.0. The van der Waals surface area contributed by atoms with E-state index in [0.29, 0.717) is 11.6 Å². The minimum Gasteiger partial charge on any atom is -0.349 e. The van der Waals surface area contributed by atoms with Crippen LogP contribution in [-0.2, 0) is 0 Å². The molecule has 3 rings (SSSR count). The minimum absolute atomic E-state index is 0.112. The second-order valence-corrected chi connectivity index (χ2v) is 6.25. The van der Waals surface area contributed by atoms with E-state index in [0.717, 1.165) is 24.8 Å². The van der Waals surface area contributed by atoms with Crippen molar-refractivity contribution in [2.24, 2.45) is 5.92 Å². The number of fused-ring (bicyclic) bond motifs is 1. The molecule has 22 heavy (non-hydrogen) atoms. The number of carbonyl (C=O) groups is 1. The number of carbonyl (C=O) groups excluding carboxylic acids is 1. The molecule has 0 spiro atoms. The van der Waals surface area contributed by atoms with Gasteiger partial charge in [0.25, 0.3) is 11.5 Å². The van der Waals surface area contributed by atoms with Crippen LogP contribution in [0.2, 0.25) is 0 Å². The average molecular weight is 299 g/mol. The van der Waals surface area contributed by atoms with Crippen LogP contribution in [-0.4, -0.2) is 21.3 Å². The first-order valence-electron chi connectivity index (χ1n) is 7.85. The van der Waals surface area contributed by atoms with Gasteiger partial charge in [-0.1, -0.05) is 25.8 Å². The molecule has 0 saturated heterocycles. The summed E-state index contributed by atoms with van der Waals surface area (Å²) in [6, 6.07) is 3.83. The van der Waals surface area contributed by atoms with Gasteiger partial charge in [0.2, 0.25) is 0 Å². The van der Waals surface area contributed by atoms with Crippen molar-refractivity contribution in [1.82, 2.24) is 14.7 Å². The molecule has 5 heteroatoms. The summed E-state index contributed by atoms with van der Waals surface area (Å²) < 4.78 is 1.44. The number of hydrogen-bond acceptors (Lipinski definition) is 3. The highest BCUT2D eigenvalue weighted by Gasteiger charge is 2.24. The fourth-order valence-electron chi connectivity index (χ4n) is 3.12. The van der Waals surface area contributed by atoms with E-state index in [1.165, 1.54) is 17.0 Å². The predicted octanol–water partition coefficient (Wildman–Crippen LogP) is 2.31. The van der Waals surface area contributed by atoms with Crippen molar-refractivity contribution in [3.8, 4) is 0 Å². The number of hydrogen-bond donors (Lipinski definition) is 1. The van der Waals surface area contributed by atoms with E-state index in [-0.39, 0.29) is 23.1 Å². The summed E-state index contributed by atoms with van der Waals surface area (Å²) in [6.45, 7) is 4.06. The van der Waals surface area contributed by atoms with Crippen LogP contribution in [0.25, 0.3) is 5.65 Å². The van der Waals surface area contributed by atoms with E-state index < -0.39 is 0 Å². The minimum atomic E-state index is -0.313. The molecular weight excluding hydrogens is 278 g/mol. The first kappa shape index (κ1) is 14.8. The van der Waals surface area contributed by atoms with Gasteiger partial charge in [-0.2, -0.15) is 0 Å². The third-order valence-corrected chi connectivity index (χ3v) is 4.52. The van der Waals surface area contributed by atoms with Crippen LogP contribution in [0, 0.1) is 12.8 Å². The monoisotopic (exact) mass is 299 g/mol. The van der Waals surface area contributed by atoms with Crippen LogP contribution in [0.3, 0.4) is 0 Å². The summed E-state index contributed by atoms with van der Waals surface area (Å²) >= 11 is 0. The van der Waals surface area contributed by atoms with Gasteiger partial charge in [0.15, 0.2) is 0 Å². The molecule has 2 aromatic rings. The molecular formula is C17H21N3O2. The standard InChI is InChI=1S/C17H21N3O2/c1-11-7-8-15-18-9-13(17(22)20(15)10-11)16(21)19-14-6-4-3-5-12(14)2/h7-10,12,14H,3-6H2,1-2H3,(H,19,21)/t12-,14+/m0/s1. The molecule has 0 aromatic carbocycles. The lowest BCUT2D eigenvalue weighted by atomic mass is 9.86. The predicted molar refractivity (Wildman–Crippen MR) is 85.1 cm³/mol. The van der Waals surface area contributed by atoms with Crippen molar-refractivity contribution in [3.05, 3.63) is 46.0 Å². The van der Waals surface area contributed by atoms with E-state index in [2.05, 4.69) is 17.2 Å².